The summed E-state index contributed by atoms with van der Waals surface area (Å²) >= 11 is 5.87. The van der Waals surface area contributed by atoms with Crippen LogP contribution in [0.4, 0.5) is 32.6 Å². The Morgan fingerprint density at radius 3 is 2.52 bits per heavy atom. The standard InChI is InChI=1S/C30H39ClFN9O3/c1-6-38-11-13-39(14-12-38)25-17-24(34-26-15-19(2)37-41(26)29(43)44-30(3,4)5)35-28(36-25)33-21-9-10-40(18-21)27(42)22-8-7-20(31)16-23(22)32/h7-8,15-17,21H,6,9-14,18H2,1-5H3,(H2,33,34,35,36)/t21-/m0/s1. The number of hydrogen-bond acceptors (Lipinski definition) is 10. The first-order valence-corrected chi connectivity index (χ1v) is 15.2. The number of piperazine rings is 1. The molecule has 2 saturated heterocycles. The number of ether oxygens (including phenoxy) is 1. The van der Waals surface area contributed by atoms with Gasteiger partial charge in [0.2, 0.25) is 5.95 Å². The van der Waals surface area contributed by atoms with Gasteiger partial charge in [0.25, 0.3) is 5.91 Å². The monoisotopic (exact) mass is 627 g/mol. The molecule has 5 rings (SSSR count). The summed E-state index contributed by atoms with van der Waals surface area (Å²) in [5.41, 5.74) is -0.0680. The van der Waals surface area contributed by atoms with Crippen molar-refractivity contribution < 1.29 is 18.7 Å². The van der Waals surface area contributed by atoms with Crippen LogP contribution >= 0.6 is 11.6 Å². The van der Waals surface area contributed by atoms with Gasteiger partial charge >= 0.3 is 6.09 Å². The quantitative estimate of drug-likeness (QED) is 0.379. The number of rotatable bonds is 7. The number of aromatic nitrogens is 4. The summed E-state index contributed by atoms with van der Waals surface area (Å²) < 4.78 is 21.2. The number of hydrogen-bond donors (Lipinski definition) is 2. The zero-order valence-electron chi connectivity index (χ0n) is 25.7. The molecular weight excluding hydrogens is 589 g/mol. The lowest BCUT2D eigenvalue weighted by atomic mass is 10.2. The number of carbonyl (C=O) groups excluding carboxylic acids is 2. The van der Waals surface area contributed by atoms with Crippen molar-refractivity contribution >= 4 is 47.0 Å². The van der Waals surface area contributed by atoms with Crippen molar-refractivity contribution in [1.82, 2.24) is 29.5 Å². The number of carbonyl (C=O) groups is 2. The molecule has 0 radical (unpaired) electrons. The molecule has 4 heterocycles. The lowest BCUT2D eigenvalue weighted by Crippen LogP contribution is -2.46. The highest BCUT2D eigenvalue weighted by molar-refractivity contribution is 6.30. The molecule has 2 N–H and O–H groups in total. The molecule has 3 aromatic rings. The van der Waals surface area contributed by atoms with Crippen LogP contribution < -0.4 is 15.5 Å². The van der Waals surface area contributed by atoms with Crippen LogP contribution in [0, 0.1) is 12.7 Å². The lowest BCUT2D eigenvalue weighted by molar-refractivity contribution is 0.0518. The number of likely N-dealkylation sites (tertiary alicyclic amines) is 1. The molecule has 2 aromatic heterocycles. The van der Waals surface area contributed by atoms with Crippen LogP contribution in [0.2, 0.25) is 5.02 Å². The van der Waals surface area contributed by atoms with Gasteiger partial charge in [-0.1, -0.05) is 18.5 Å². The number of nitrogens with zero attached hydrogens (tertiary/aromatic N) is 7. The van der Waals surface area contributed by atoms with Gasteiger partial charge in [-0.15, -0.1) is 4.68 Å². The maximum absolute atomic E-state index is 14.4. The van der Waals surface area contributed by atoms with Crippen LogP contribution in [0.5, 0.6) is 0 Å². The van der Waals surface area contributed by atoms with Crippen LogP contribution in [-0.4, -0.2) is 99.0 Å². The highest BCUT2D eigenvalue weighted by Gasteiger charge is 2.30. The van der Waals surface area contributed by atoms with E-state index in [1.54, 1.807) is 38.7 Å². The number of benzene rings is 1. The summed E-state index contributed by atoms with van der Waals surface area (Å²) in [6, 6.07) is 7.51. The second-order valence-electron chi connectivity index (χ2n) is 12.0. The fourth-order valence-electron chi connectivity index (χ4n) is 5.26. The molecular formula is C30H39ClFN9O3. The van der Waals surface area contributed by atoms with Gasteiger partial charge in [0.1, 0.15) is 28.9 Å². The molecule has 2 fully saturated rings. The summed E-state index contributed by atoms with van der Waals surface area (Å²) in [4.78, 5) is 41.7. The van der Waals surface area contributed by atoms with Crippen molar-refractivity contribution in [1.29, 1.82) is 0 Å². The SMILES string of the molecule is CCN1CCN(c2cc(Nc3cc(C)nn3C(=O)OC(C)(C)C)nc(N[C@H]3CCN(C(=O)c4ccc(Cl)cc4F)C3)n2)CC1. The molecule has 0 spiro atoms. The zero-order chi connectivity index (χ0) is 31.6. The highest BCUT2D eigenvalue weighted by Crippen LogP contribution is 2.26. The normalized spacial score (nSPS) is 17.6. The largest absolute Gasteiger partial charge is 0.442 e. The number of amides is 1. The number of likely N-dealkylation sites (N-methyl/N-ethyl adjacent to an activating group) is 1. The fourth-order valence-corrected chi connectivity index (χ4v) is 5.42. The second kappa shape index (κ2) is 12.9. The number of halogens is 2. The Morgan fingerprint density at radius 1 is 1.09 bits per heavy atom. The average molecular weight is 628 g/mol. The van der Waals surface area contributed by atoms with Gasteiger partial charge in [0.15, 0.2) is 0 Å². The lowest BCUT2D eigenvalue weighted by Gasteiger charge is -2.35. The highest BCUT2D eigenvalue weighted by atomic mass is 35.5. The molecule has 44 heavy (non-hydrogen) atoms. The Hall–Kier alpha value is -3.97. The van der Waals surface area contributed by atoms with Gasteiger partial charge < -0.3 is 30.1 Å². The molecule has 1 aromatic carbocycles. The first-order valence-electron chi connectivity index (χ1n) is 14.8. The third kappa shape index (κ3) is 7.56. The maximum Gasteiger partial charge on any atom is 0.437 e. The molecule has 0 unspecified atom stereocenters. The van der Waals surface area contributed by atoms with Gasteiger partial charge in [0.05, 0.1) is 11.3 Å². The van der Waals surface area contributed by atoms with Gasteiger partial charge in [-0.05, 0) is 58.9 Å². The van der Waals surface area contributed by atoms with E-state index in [9.17, 15) is 14.0 Å². The Labute approximate surface area is 261 Å². The number of aryl methyl sites for hydroxylation is 1. The van der Waals surface area contributed by atoms with Crippen molar-refractivity contribution in [2.24, 2.45) is 0 Å². The third-order valence-electron chi connectivity index (χ3n) is 7.48. The molecule has 0 saturated carbocycles. The van der Waals surface area contributed by atoms with Crippen LogP contribution in [0.3, 0.4) is 0 Å². The Kier molecular flexibility index (Phi) is 9.26. The third-order valence-corrected chi connectivity index (χ3v) is 7.72. The van der Waals surface area contributed by atoms with Crippen LogP contribution in [0.15, 0.2) is 30.3 Å². The number of anilines is 4. The Morgan fingerprint density at radius 2 is 1.84 bits per heavy atom. The molecule has 12 nitrogen and oxygen atoms in total. The van der Waals surface area contributed by atoms with E-state index in [4.69, 9.17) is 26.3 Å². The molecule has 1 atom stereocenters. The van der Waals surface area contributed by atoms with E-state index >= 15 is 0 Å². The minimum absolute atomic E-state index is 0.0112. The smallest absolute Gasteiger partial charge is 0.437 e. The van der Waals surface area contributed by atoms with Gasteiger partial charge in [-0.25, -0.2) is 9.18 Å². The Bertz CT molecular complexity index is 1520. The van der Waals surface area contributed by atoms with E-state index in [-0.39, 0.29) is 22.5 Å². The molecule has 2 aliphatic heterocycles. The predicted octanol–water partition coefficient (Wildman–Crippen LogP) is 4.77. The van der Waals surface area contributed by atoms with E-state index in [0.717, 1.165) is 44.6 Å². The first-order chi connectivity index (χ1) is 20.9. The van der Waals surface area contributed by atoms with Crippen LogP contribution in [0.25, 0.3) is 0 Å². The number of nitrogens with one attached hydrogen (secondary N) is 2. The molecule has 236 valence electrons. The van der Waals surface area contributed by atoms with Crippen molar-refractivity contribution in [2.75, 3.05) is 61.3 Å². The summed E-state index contributed by atoms with van der Waals surface area (Å²) in [5, 5.41) is 11.2. The Balaban J connectivity index is 1.37. The van der Waals surface area contributed by atoms with Gasteiger partial charge in [-0.3, -0.25) is 4.79 Å². The van der Waals surface area contributed by atoms with E-state index in [1.807, 2.05) is 6.07 Å². The van der Waals surface area contributed by atoms with E-state index in [2.05, 4.69) is 32.5 Å². The van der Waals surface area contributed by atoms with E-state index in [1.165, 1.54) is 16.8 Å². The first kappa shape index (κ1) is 31.5. The summed E-state index contributed by atoms with van der Waals surface area (Å²) in [6.45, 7) is 14.6. The summed E-state index contributed by atoms with van der Waals surface area (Å²) in [7, 11) is 0. The molecule has 0 bridgehead atoms. The predicted molar refractivity (Wildman–Crippen MR) is 168 cm³/mol. The maximum atomic E-state index is 14.4. The molecule has 2 aliphatic rings. The molecule has 0 aliphatic carbocycles. The van der Waals surface area contributed by atoms with Crippen molar-refractivity contribution in [3.05, 3.63) is 52.4 Å². The van der Waals surface area contributed by atoms with Gasteiger partial charge in [-0.2, -0.15) is 15.1 Å². The molecule has 14 heteroatoms. The van der Waals surface area contributed by atoms with Crippen molar-refractivity contribution in [3.63, 3.8) is 0 Å². The van der Waals surface area contributed by atoms with Crippen molar-refractivity contribution in [3.8, 4) is 0 Å². The van der Waals surface area contributed by atoms with Crippen LogP contribution in [0.1, 0.15) is 50.2 Å². The van der Waals surface area contributed by atoms with Gasteiger partial charge in [0, 0.05) is 62.5 Å². The van der Waals surface area contributed by atoms with Crippen LogP contribution in [-0.2, 0) is 4.74 Å². The summed E-state index contributed by atoms with van der Waals surface area (Å²) in [6.07, 6.45) is 0.0288. The van der Waals surface area contributed by atoms with E-state index in [0.29, 0.717) is 42.8 Å². The fraction of sp³-hybridized carbons (Fsp3) is 0.500. The summed E-state index contributed by atoms with van der Waals surface area (Å²) in [5.74, 6) is 0.949. The zero-order valence-corrected chi connectivity index (χ0v) is 26.5. The minimum atomic E-state index is -0.691. The van der Waals surface area contributed by atoms with E-state index < -0.39 is 17.5 Å². The topological polar surface area (TPSA) is 121 Å². The molecule has 1 amide bonds. The van der Waals surface area contributed by atoms with Crippen molar-refractivity contribution in [2.45, 2.75) is 52.7 Å². The average Bonchev–Trinajstić information content (AvgIpc) is 3.58. The minimum Gasteiger partial charge on any atom is -0.442 e. The second-order valence-corrected chi connectivity index (χ2v) is 12.5.